The van der Waals surface area contributed by atoms with Gasteiger partial charge >= 0.3 is 0 Å². The smallest absolute Gasteiger partial charge is 0.160 e. The summed E-state index contributed by atoms with van der Waals surface area (Å²) in [5.74, 6) is 2.76. The lowest BCUT2D eigenvalue weighted by Crippen LogP contribution is -2.36. The van der Waals surface area contributed by atoms with E-state index in [-0.39, 0.29) is 0 Å². The third-order valence-corrected chi connectivity index (χ3v) is 5.79. The Morgan fingerprint density at radius 2 is 1.86 bits per heavy atom. The molecule has 29 heavy (non-hydrogen) atoms. The lowest BCUT2D eigenvalue weighted by Gasteiger charge is -2.33. The van der Waals surface area contributed by atoms with Gasteiger partial charge in [-0.2, -0.15) is 0 Å². The highest BCUT2D eigenvalue weighted by Crippen LogP contribution is 2.30. The van der Waals surface area contributed by atoms with Gasteiger partial charge < -0.3 is 4.90 Å². The number of imidazole rings is 1. The number of likely N-dealkylation sites (tertiary alicyclic amines) is 1. The molecule has 1 aliphatic heterocycles. The van der Waals surface area contributed by atoms with Crippen LogP contribution >= 0.6 is 0 Å². The highest BCUT2D eigenvalue weighted by molar-refractivity contribution is 5.33. The van der Waals surface area contributed by atoms with Crippen LogP contribution in [0.25, 0.3) is 5.82 Å². The maximum Gasteiger partial charge on any atom is 0.160 e. The van der Waals surface area contributed by atoms with Gasteiger partial charge in [-0.1, -0.05) is 44.2 Å². The number of benzene rings is 1. The van der Waals surface area contributed by atoms with Crippen molar-refractivity contribution < 1.29 is 0 Å². The molecule has 1 aromatic carbocycles. The van der Waals surface area contributed by atoms with Gasteiger partial charge in [0.1, 0.15) is 5.82 Å². The molecule has 0 N–H and O–H groups in total. The molecule has 3 heterocycles. The molecule has 152 valence electrons. The lowest BCUT2D eigenvalue weighted by molar-refractivity contribution is 0.204. The monoisotopic (exact) mass is 389 g/mol. The van der Waals surface area contributed by atoms with Crippen molar-refractivity contribution in [3.63, 3.8) is 0 Å². The molecule has 0 radical (unpaired) electrons. The average molecular weight is 390 g/mol. The quantitative estimate of drug-likeness (QED) is 0.593. The summed E-state index contributed by atoms with van der Waals surface area (Å²) in [5.41, 5.74) is 2.54. The van der Waals surface area contributed by atoms with E-state index in [1.54, 1.807) is 6.20 Å². The second kappa shape index (κ2) is 9.31. The summed E-state index contributed by atoms with van der Waals surface area (Å²) in [6.07, 6.45) is 12.2. The summed E-state index contributed by atoms with van der Waals surface area (Å²) in [7, 11) is 0. The van der Waals surface area contributed by atoms with E-state index in [1.807, 2.05) is 18.6 Å². The molecule has 1 atom stereocenters. The Labute approximate surface area is 173 Å². The SMILES string of the molecule is CC(C)c1nccn1-c1nccnc1[C@@H]1CCCN(CCCc2ccccc2)C1. The first kappa shape index (κ1) is 19.8. The molecule has 5 heteroatoms. The number of hydrogen-bond donors (Lipinski definition) is 0. The van der Waals surface area contributed by atoms with Crippen molar-refractivity contribution in [3.05, 3.63) is 72.2 Å². The predicted molar refractivity (Wildman–Crippen MR) is 116 cm³/mol. The van der Waals surface area contributed by atoms with Crippen LogP contribution in [0.15, 0.2) is 55.1 Å². The zero-order valence-electron chi connectivity index (χ0n) is 17.5. The minimum absolute atomic E-state index is 0.348. The van der Waals surface area contributed by atoms with Gasteiger partial charge in [0, 0.05) is 43.2 Å². The van der Waals surface area contributed by atoms with Gasteiger partial charge in [-0.15, -0.1) is 0 Å². The van der Waals surface area contributed by atoms with E-state index in [0.29, 0.717) is 11.8 Å². The lowest BCUT2D eigenvalue weighted by atomic mass is 9.94. The van der Waals surface area contributed by atoms with Gasteiger partial charge in [0.2, 0.25) is 0 Å². The molecule has 1 fully saturated rings. The fraction of sp³-hybridized carbons (Fsp3) is 0.458. The molecule has 0 unspecified atom stereocenters. The second-order valence-electron chi connectivity index (χ2n) is 8.30. The van der Waals surface area contributed by atoms with Crippen molar-refractivity contribution in [1.82, 2.24) is 24.4 Å². The molecule has 0 spiro atoms. The first-order valence-corrected chi connectivity index (χ1v) is 10.8. The summed E-state index contributed by atoms with van der Waals surface area (Å²) in [5, 5.41) is 0. The molecule has 0 aliphatic carbocycles. The highest BCUT2D eigenvalue weighted by Gasteiger charge is 2.26. The predicted octanol–water partition coefficient (Wildman–Crippen LogP) is 4.60. The summed E-state index contributed by atoms with van der Waals surface area (Å²) in [4.78, 5) is 16.6. The number of aromatic nitrogens is 4. The molecule has 0 saturated carbocycles. The van der Waals surface area contributed by atoms with Crippen LogP contribution in [0.1, 0.15) is 62.0 Å². The first-order valence-electron chi connectivity index (χ1n) is 10.8. The normalized spacial score (nSPS) is 17.7. The van der Waals surface area contributed by atoms with Crippen LogP contribution in [-0.2, 0) is 6.42 Å². The summed E-state index contributed by atoms with van der Waals surface area (Å²) in [6, 6.07) is 10.8. The van der Waals surface area contributed by atoms with Gasteiger partial charge in [-0.3, -0.25) is 9.55 Å². The van der Waals surface area contributed by atoms with Crippen molar-refractivity contribution in [1.29, 1.82) is 0 Å². The second-order valence-corrected chi connectivity index (χ2v) is 8.30. The number of hydrogen-bond acceptors (Lipinski definition) is 4. The van der Waals surface area contributed by atoms with Crippen LogP contribution in [0.3, 0.4) is 0 Å². The van der Waals surface area contributed by atoms with Crippen molar-refractivity contribution >= 4 is 0 Å². The Hall–Kier alpha value is -2.53. The molecule has 0 bridgehead atoms. The van der Waals surface area contributed by atoms with Crippen molar-refractivity contribution in [3.8, 4) is 5.82 Å². The first-order chi connectivity index (χ1) is 14.2. The van der Waals surface area contributed by atoms with Crippen molar-refractivity contribution in [2.75, 3.05) is 19.6 Å². The van der Waals surface area contributed by atoms with Crippen molar-refractivity contribution in [2.45, 2.75) is 51.4 Å². The van der Waals surface area contributed by atoms with Crippen LogP contribution < -0.4 is 0 Å². The van der Waals surface area contributed by atoms with Crippen LogP contribution in [0.5, 0.6) is 0 Å². The Kier molecular flexibility index (Phi) is 6.35. The third-order valence-electron chi connectivity index (χ3n) is 5.79. The number of rotatable bonds is 7. The summed E-state index contributed by atoms with van der Waals surface area (Å²) >= 11 is 0. The zero-order chi connectivity index (χ0) is 20.1. The minimum Gasteiger partial charge on any atom is -0.303 e. The van der Waals surface area contributed by atoms with Crippen LogP contribution in [0.4, 0.5) is 0 Å². The molecule has 3 aromatic rings. The topological polar surface area (TPSA) is 46.8 Å². The fourth-order valence-corrected chi connectivity index (χ4v) is 4.37. The highest BCUT2D eigenvalue weighted by atomic mass is 15.2. The van der Waals surface area contributed by atoms with E-state index < -0.39 is 0 Å². The van der Waals surface area contributed by atoms with E-state index in [2.05, 4.69) is 58.6 Å². The summed E-state index contributed by atoms with van der Waals surface area (Å²) in [6.45, 7) is 7.73. The van der Waals surface area contributed by atoms with Crippen LogP contribution in [0.2, 0.25) is 0 Å². The maximum atomic E-state index is 4.78. The molecule has 5 nitrogen and oxygen atoms in total. The molecule has 4 rings (SSSR count). The number of aryl methyl sites for hydroxylation is 1. The molecular formula is C24H31N5. The van der Waals surface area contributed by atoms with Gasteiger partial charge in [0.15, 0.2) is 5.82 Å². The Bertz CT molecular complexity index is 902. The van der Waals surface area contributed by atoms with Crippen molar-refractivity contribution in [2.24, 2.45) is 0 Å². The Morgan fingerprint density at radius 1 is 1.03 bits per heavy atom. The van der Waals surface area contributed by atoms with Gasteiger partial charge in [0.05, 0.1) is 5.69 Å². The number of nitrogens with zero attached hydrogens (tertiary/aromatic N) is 5. The Balaban J connectivity index is 1.45. The molecular weight excluding hydrogens is 358 g/mol. The van der Waals surface area contributed by atoms with E-state index in [0.717, 1.165) is 36.8 Å². The van der Waals surface area contributed by atoms with E-state index in [1.165, 1.54) is 31.4 Å². The largest absolute Gasteiger partial charge is 0.303 e. The molecule has 1 saturated heterocycles. The van der Waals surface area contributed by atoms with E-state index in [9.17, 15) is 0 Å². The van der Waals surface area contributed by atoms with Gasteiger partial charge in [0.25, 0.3) is 0 Å². The number of piperidine rings is 1. The summed E-state index contributed by atoms with van der Waals surface area (Å²) < 4.78 is 2.13. The van der Waals surface area contributed by atoms with Gasteiger partial charge in [-0.05, 0) is 44.3 Å². The van der Waals surface area contributed by atoms with Crippen LogP contribution in [0, 0.1) is 0 Å². The van der Waals surface area contributed by atoms with Gasteiger partial charge in [-0.25, -0.2) is 9.97 Å². The standard InChI is InChI=1S/C24H31N5/c1-19(2)23-27-14-17-29(23)24-22(25-12-13-26-24)21-11-7-16-28(18-21)15-6-10-20-8-4-3-5-9-20/h3-5,8-9,12-14,17,19,21H,6-7,10-11,15-16,18H2,1-2H3/t21-/m1/s1. The third kappa shape index (κ3) is 4.73. The minimum atomic E-state index is 0.348. The maximum absolute atomic E-state index is 4.78. The zero-order valence-corrected chi connectivity index (χ0v) is 17.5. The molecule has 1 aliphatic rings. The molecule has 0 amide bonds. The fourth-order valence-electron chi connectivity index (χ4n) is 4.37. The van der Waals surface area contributed by atoms with E-state index >= 15 is 0 Å². The molecule has 2 aromatic heterocycles. The van der Waals surface area contributed by atoms with Crippen LogP contribution in [-0.4, -0.2) is 44.1 Å². The Morgan fingerprint density at radius 3 is 2.69 bits per heavy atom. The average Bonchev–Trinajstić information content (AvgIpc) is 3.25. The van der Waals surface area contributed by atoms with E-state index in [4.69, 9.17) is 9.97 Å².